The predicted octanol–water partition coefficient (Wildman–Crippen LogP) is 3.71. The molecule has 0 unspecified atom stereocenters. The van der Waals surface area contributed by atoms with Crippen LogP contribution in [0.2, 0.25) is 10.0 Å². The van der Waals surface area contributed by atoms with Gasteiger partial charge in [-0.3, -0.25) is 19.3 Å². The number of benzene rings is 2. The van der Waals surface area contributed by atoms with Gasteiger partial charge >= 0.3 is 0 Å². The summed E-state index contributed by atoms with van der Waals surface area (Å²) in [7, 11) is 1.64. The average molecular weight is 408 g/mol. The van der Waals surface area contributed by atoms with E-state index in [9.17, 15) is 14.4 Å². The molecule has 0 bridgehead atoms. The summed E-state index contributed by atoms with van der Waals surface area (Å²) in [5.41, 5.74) is 1.37. The van der Waals surface area contributed by atoms with E-state index in [1.165, 1.54) is 6.92 Å². The molecule has 2 N–H and O–H groups in total. The molecule has 142 valence electrons. The van der Waals surface area contributed by atoms with E-state index in [1.807, 2.05) is 0 Å². The number of carbonyl (C=O) groups is 3. The Morgan fingerprint density at radius 1 is 0.926 bits per heavy atom. The molecule has 2 aromatic carbocycles. The van der Waals surface area contributed by atoms with Gasteiger partial charge in [0.05, 0.1) is 28.8 Å². The number of rotatable bonds is 7. The molecule has 0 aromatic heterocycles. The minimum Gasteiger partial charge on any atom is -0.325 e. The normalized spacial score (nSPS) is 10.6. The van der Waals surface area contributed by atoms with Crippen LogP contribution in [0, 0.1) is 0 Å². The van der Waals surface area contributed by atoms with Crippen LogP contribution in [0.25, 0.3) is 0 Å². The lowest BCUT2D eigenvalue weighted by Crippen LogP contribution is -2.36. The molecule has 0 fully saturated rings. The number of hydrogen-bond acceptors (Lipinski definition) is 4. The first-order chi connectivity index (χ1) is 12.8. The monoisotopic (exact) mass is 407 g/mol. The Labute approximate surface area is 167 Å². The topological polar surface area (TPSA) is 78.5 Å². The fourth-order valence-corrected chi connectivity index (χ4v) is 2.85. The molecule has 0 heterocycles. The van der Waals surface area contributed by atoms with Crippen molar-refractivity contribution in [3.63, 3.8) is 0 Å². The predicted molar refractivity (Wildman–Crippen MR) is 108 cm³/mol. The van der Waals surface area contributed by atoms with Gasteiger partial charge in [-0.2, -0.15) is 0 Å². The van der Waals surface area contributed by atoms with Gasteiger partial charge in [0.1, 0.15) is 0 Å². The van der Waals surface area contributed by atoms with Crippen LogP contribution in [-0.2, 0) is 9.59 Å². The van der Waals surface area contributed by atoms with Crippen molar-refractivity contribution in [3.8, 4) is 0 Å². The molecular weight excluding hydrogens is 389 g/mol. The zero-order valence-corrected chi connectivity index (χ0v) is 16.4. The number of ketones is 1. The van der Waals surface area contributed by atoms with Crippen molar-refractivity contribution in [1.82, 2.24) is 4.90 Å². The molecule has 2 rings (SSSR count). The highest BCUT2D eigenvalue weighted by Crippen LogP contribution is 2.29. The van der Waals surface area contributed by atoms with Gasteiger partial charge in [-0.25, -0.2) is 0 Å². The van der Waals surface area contributed by atoms with Crippen LogP contribution in [-0.4, -0.2) is 42.6 Å². The molecular formula is C19H19Cl2N3O3. The molecule has 0 saturated carbocycles. The van der Waals surface area contributed by atoms with Crippen LogP contribution >= 0.6 is 23.2 Å². The number of Topliss-reactive ketones (excluding diaryl/α,β-unsaturated/α-hetero) is 1. The molecule has 0 aliphatic heterocycles. The van der Waals surface area contributed by atoms with Crippen molar-refractivity contribution in [3.05, 3.63) is 58.1 Å². The first-order valence-corrected chi connectivity index (χ1v) is 8.85. The molecule has 0 saturated heterocycles. The first-order valence-electron chi connectivity index (χ1n) is 8.09. The lowest BCUT2D eigenvalue weighted by Gasteiger charge is -2.17. The molecule has 27 heavy (non-hydrogen) atoms. The second-order valence-electron chi connectivity index (χ2n) is 6.00. The number of amides is 2. The zero-order chi connectivity index (χ0) is 20.0. The third-order valence-electron chi connectivity index (χ3n) is 3.61. The summed E-state index contributed by atoms with van der Waals surface area (Å²) in [6.45, 7) is 1.43. The van der Waals surface area contributed by atoms with Gasteiger partial charge in [0.25, 0.3) is 0 Å². The van der Waals surface area contributed by atoms with Crippen molar-refractivity contribution in [2.75, 3.05) is 30.8 Å². The largest absolute Gasteiger partial charge is 0.325 e. The van der Waals surface area contributed by atoms with Crippen LogP contribution in [0.1, 0.15) is 17.3 Å². The van der Waals surface area contributed by atoms with E-state index >= 15 is 0 Å². The fourth-order valence-electron chi connectivity index (χ4n) is 2.36. The number of anilines is 2. The summed E-state index contributed by atoms with van der Waals surface area (Å²) in [5.74, 6) is -0.737. The Morgan fingerprint density at radius 3 is 2.07 bits per heavy atom. The summed E-state index contributed by atoms with van der Waals surface area (Å²) < 4.78 is 0. The van der Waals surface area contributed by atoms with E-state index in [0.717, 1.165) is 0 Å². The molecule has 8 heteroatoms. The van der Waals surface area contributed by atoms with Crippen molar-refractivity contribution in [2.45, 2.75) is 6.92 Å². The molecule has 0 spiro atoms. The summed E-state index contributed by atoms with van der Waals surface area (Å²) in [6, 6.07) is 11.6. The number of nitrogens with zero attached hydrogens (tertiary/aromatic N) is 1. The Morgan fingerprint density at radius 2 is 1.48 bits per heavy atom. The smallest absolute Gasteiger partial charge is 0.238 e. The van der Waals surface area contributed by atoms with E-state index in [0.29, 0.717) is 27.0 Å². The maximum absolute atomic E-state index is 12.1. The lowest BCUT2D eigenvalue weighted by molar-refractivity contribution is -0.119. The van der Waals surface area contributed by atoms with Crippen molar-refractivity contribution < 1.29 is 14.4 Å². The molecule has 2 aromatic rings. The van der Waals surface area contributed by atoms with Gasteiger partial charge in [0.2, 0.25) is 11.8 Å². The summed E-state index contributed by atoms with van der Waals surface area (Å²) in [6.07, 6.45) is 0. The van der Waals surface area contributed by atoms with Gasteiger partial charge in [0, 0.05) is 11.3 Å². The summed E-state index contributed by atoms with van der Waals surface area (Å²) in [4.78, 5) is 37.2. The molecule has 0 aliphatic rings. The van der Waals surface area contributed by atoms with E-state index in [1.54, 1.807) is 54.4 Å². The van der Waals surface area contributed by atoms with Crippen LogP contribution in [0.5, 0.6) is 0 Å². The van der Waals surface area contributed by atoms with E-state index in [2.05, 4.69) is 10.6 Å². The summed E-state index contributed by atoms with van der Waals surface area (Å²) in [5, 5.41) is 6.01. The Kier molecular flexibility index (Phi) is 7.36. The number of halogens is 2. The molecule has 0 atom stereocenters. The summed E-state index contributed by atoms with van der Waals surface area (Å²) >= 11 is 12.0. The van der Waals surface area contributed by atoms with Crippen molar-refractivity contribution >= 4 is 52.2 Å². The third-order valence-corrected chi connectivity index (χ3v) is 4.24. The van der Waals surface area contributed by atoms with Gasteiger partial charge in [0.15, 0.2) is 5.78 Å². The Hall–Kier alpha value is -2.41. The van der Waals surface area contributed by atoms with Gasteiger partial charge in [-0.15, -0.1) is 0 Å². The first kappa shape index (κ1) is 20.9. The van der Waals surface area contributed by atoms with E-state index in [-0.39, 0.29) is 30.7 Å². The third kappa shape index (κ3) is 6.36. The van der Waals surface area contributed by atoms with Crippen LogP contribution < -0.4 is 10.6 Å². The number of carbonyl (C=O) groups excluding carboxylic acids is 3. The maximum atomic E-state index is 12.1. The van der Waals surface area contributed by atoms with Crippen LogP contribution in [0.3, 0.4) is 0 Å². The Balaban J connectivity index is 1.88. The molecule has 0 aliphatic carbocycles. The minimum atomic E-state index is -0.348. The molecule has 2 amide bonds. The fraction of sp³-hybridized carbons (Fsp3) is 0.211. The minimum absolute atomic E-state index is 0.00598. The second kappa shape index (κ2) is 9.50. The SMILES string of the molecule is CC(=O)c1cccc(NC(=O)CN(C)CC(=O)Nc2c(Cl)cccc2Cl)c1. The molecule has 0 radical (unpaired) electrons. The second-order valence-corrected chi connectivity index (χ2v) is 6.82. The van der Waals surface area contributed by atoms with Gasteiger partial charge in [-0.05, 0) is 38.2 Å². The quantitative estimate of drug-likeness (QED) is 0.685. The highest BCUT2D eigenvalue weighted by atomic mass is 35.5. The van der Waals surface area contributed by atoms with Gasteiger partial charge in [-0.1, -0.05) is 41.4 Å². The average Bonchev–Trinajstić information content (AvgIpc) is 2.58. The van der Waals surface area contributed by atoms with Crippen molar-refractivity contribution in [1.29, 1.82) is 0 Å². The Bertz CT molecular complexity index is 851. The zero-order valence-electron chi connectivity index (χ0n) is 14.9. The van der Waals surface area contributed by atoms with Crippen LogP contribution in [0.4, 0.5) is 11.4 Å². The van der Waals surface area contributed by atoms with Gasteiger partial charge < -0.3 is 10.6 Å². The number of nitrogens with one attached hydrogen (secondary N) is 2. The van der Waals surface area contributed by atoms with Crippen molar-refractivity contribution in [2.24, 2.45) is 0 Å². The highest BCUT2D eigenvalue weighted by molar-refractivity contribution is 6.39. The standard InChI is InChI=1S/C19H19Cl2N3O3/c1-12(25)13-5-3-6-14(9-13)22-17(26)10-24(2)11-18(27)23-19-15(20)7-4-8-16(19)21/h3-9H,10-11H2,1-2H3,(H,22,26)(H,23,27). The number of hydrogen-bond donors (Lipinski definition) is 2. The molecule has 6 nitrogen and oxygen atoms in total. The van der Waals surface area contributed by atoms with E-state index in [4.69, 9.17) is 23.2 Å². The number of para-hydroxylation sites is 1. The number of likely N-dealkylation sites (N-methyl/N-ethyl adjacent to an activating group) is 1. The van der Waals surface area contributed by atoms with Crippen LogP contribution in [0.15, 0.2) is 42.5 Å². The van der Waals surface area contributed by atoms with E-state index < -0.39 is 0 Å². The highest BCUT2D eigenvalue weighted by Gasteiger charge is 2.14. The maximum Gasteiger partial charge on any atom is 0.238 e. The lowest BCUT2D eigenvalue weighted by atomic mass is 10.1.